The largest absolute Gasteiger partial charge is 0.504 e. The molecule has 0 atom stereocenters. The Morgan fingerprint density at radius 2 is 1.92 bits per heavy atom. The van der Waals surface area contributed by atoms with Crippen molar-refractivity contribution < 1.29 is 14.9 Å². The second-order valence-corrected chi connectivity index (χ2v) is 5.94. The van der Waals surface area contributed by atoms with Gasteiger partial charge >= 0.3 is 0 Å². The highest BCUT2D eigenvalue weighted by Gasteiger charge is 2.12. The average molecular weight is 355 g/mol. The van der Waals surface area contributed by atoms with Gasteiger partial charge in [-0.3, -0.25) is 4.99 Å². The zero-order chi connectivity index (χ0) is 17.8. The summed E-state index contributed by atoms with van der Waals surface area (Å²) < 4.78 is 7.10. The molecule has 128 valence electrons. The molecule has 0 aliphatic heterocycles. The lowest BCUT2D eigenvalue weighted by Gasteiger charge is -2.08. The Labute approximate surface area is 148 Å². The van der Waals surface area contributed by atoms with Crippen molar-refractivity contribution >= 4 is 17.6 Å². The maximum Gasteiger partial charge on any atom is 0.205 e. The van der Waals surface area contributed by atoms with Gasteiger partial charge < -0.3 is 14.9 Å². The number of nitrogens with zero attached hydrogens (tertiary/aromatic N) is 3. The smallest absolute Gasteiger partial charge is 0.205 e. The normalized spacial score (nSPS) is 12.0. The Balaban J connectivity index is 2.12. The molecule has 0 unspecified atom stereocenters. The van der Waals surface area contributed by atoms with Gasteiger partial charge in [0.15, 0.2) is 11.5 Å². The van der Waals surface area contributed by atoms with E-state index in [1.165, 1.54) is 23.6 Å². The quantitative estimate of drug-likeness (QED) is 0.558. The van der Waals surface area contributed by atoms with Crippen LogP contribution in [-0.4, -0.2) is 35.3 Å². The van der Waals surface area contributed by atoms with Crippen molar-refractivity contribution in [2.45, 2.75) is 0 Å². The molecule has 25 heavy (non-hydrogen) atoms. The number of benzene rings is 2. The van der Waals surface area contributed by atoms with Crippen molar-refractivity contribution in [2.24, 2.45) is 10.1 Å². The van der Waals surface area contributed by atoms with Crippen LogP contribution < -0.4 is 9.54 Å². The minimum Gasteiger partial charge on any atom is -0.504 e. The van der Waals surface area contributed by atoms with Crippen LogP contribution >= 0.6 is 11.3 Å². The summed E-state index contributed by atoms with van der Waals surface area (Å²) in [6, 6.07) is 12.4. The summed E-state index contributed by atoms with van der Waals surface area (Å²) in [6.07, 6.45) is 1.48. The van der Waals surface area contributed by atoms with Gasteiger partial charge in [-0.1, -0.05) is 18.2 Å². The molecule has 2 N–H and O–H groups in total. The first-order valence-electron chi connectivity index (χ1n) is 7.47. The van der Waals surface area contributed by atoms with E-state index >= 15 is 0 Å². The van der Waals surface area contributed by atoms with Crippen LogP contribution in [0.1, 0.15) is 5.56 Å². The molecule has 0 bridgehead atoms. The highest BCUT2D eigenvalue weighted by atomic mass is 32.1. The van der Waals surface area contributed by atoms with Crippen LogP contribution in [-0.2, 0) is 0 Å². The second kappa shape index (κ2) is 7.23. The number of para-hydroxylation sites is 2. The number of hydrogen-bond donors (Lipinski definition) is 2. The van der Waals surface area contributed by atoms with Gasteiger partial charge in [0.1, 0.15) is 5.75 Å². The van der Waals surface area contributed by atoms with Crippen LogP contribution in [0.2, 0.25) is 0 Å². The number of ether oxygens (including phenoxy) is 1. The standard InChI is InChI=1S/C18H17N3O3S/c1-19-18-21(20-10-12-6-5-8-15(22)17(12)23)14(11-25-18)13-7-3-4-9-16(13)24-2/h3-11,22-23H,1-2H3. The van der Waals surface area contributed by atoms with Crippen molar-refractivity contribution in [3.63, 3.8) is 0 Å². The summed E-state index contributed by atoms with van der Waals surface area (Å²) in [5, 5.41) is 25.9. The van der Waals surface area contributed by atoms with Gasteiger partial charge in [0.05, 0.1) is 19.0 Å². The highest BCUT2D eigenvalue weighted by molar-refractivity contribution is 7.07. The second-order valence-electron chi connectivity index (χ2n) is 5.10. The van der Waals surface area contributed by atoms with Gasteiger partial charge in [0.25, 0.3) is 0 Å². The number of hydrogen-bond acceptors (Lipinski definition) is 6. The van der Waals surface area contributed by atoms with Crippen LogP contribution in [0.25, 0.3) is 11.3 Å². The monoisotopic (exact) mass is 355 g/mol. The molecule has 1 heterocycles. The van der Waals surface area contributed by atoms with E-state index in [0.29, 0.717) is 10.4 Å². The zero-order valence-electron chi connectivity index (χ0n) is 13.7. The topological polar surface area (TPSA) is 79.3 Å². The molecule has 1 aromatic heterocycles. The Hall–Kier alpha value is -3.06. The van der Waals surface area contributed by atoms with Crippen LogP contribution in [0.5, 0.6) is 17.2 Å². The SMILES string of the molecule is CN=c1scc(-c2ccccc2OC)n1N=Cc1cccc(O)c1O. The first-order chi connectivity index (χ1) is 12.2. The number of thiazole rings is 1. The molecule has 0 aliphatic carbocycles. The molecule has 6 nitrogen and oxygen atoms in total. The number of rotatable bonds is 4. The third-order valence-corrected chi connectivity index (χ3v) is 4.53. The van der Waals surface area contributed by atoms with E-state index in [2.05, 4.69) is 10.1 Å². The molecule has 2 aromatic carbocycles. The lowest BCUT2D eigenvalue weighted by molar-refractivity contribution is 0.403. The van der Waals surface area contributed by atoms with Crippen LogP contribution in [0.3, 0.4) is 0 Å². The van der Waals surface area contributed by atoms with E-state index in [1.807, 2.05) is 29.6 Å². The molecule has 0 amide bonds. The first kappa shape index (κ1) is 16.8. The van der Waals surface area contributed by atoms with Crippen LogP contribution in [0.15, 0.2) is 57.9 Å². The van der Waals surface area contributed by atoms with E-state index in [1.54, 1.807) is 31.0 Å². The minimum absolute atomic E-state index is 0.190. The summed E-state index contributed by atoms with van der Waals surface area (Å²) in [5.41, 5.74) is 2.11. The predicted molar refractivity (Wildman–Crippen MR) is 98.5 cm³/mol. The maximum absolute atomic E-state index is 9.93. The Morgan fingerprint density at radius 1 is 1.12 bits per heavy atom. The number of aromatic hydroxyl groups is 2. The summed E-state index contributed by atoms with van der Waals surface area (Å²) in [6.45, 7) is 0. The number of phenolic OH excluding ortho intramolecular Hbond substituents is 2. The third kappa shape index (κ3) is 3.27. The molecule has 0 saturated carbocycles. The molecular weight excluding hydrogens is 338 g/mol. The number of aromatic nitrogens is 1. The van der Waals surface area contributed by atoms with Crippen molar-refractivity contribution in [3.05, 3.63) is 58.2 Å². The third-order valence-electron chi connectivity index (χ3n) is 3.62. The average Bonchev–Trinajstić information content (AvgIpc) is 3.05. The molecule has 3 rings (SSSR count). The molecule has 0 spiro atoms. The van der Waals surface area contributed by atoms with E-state index in [0.717, 1.165) is 17.0 Å². The fourth-order valence-corrected chi connectivity index (χ4v) is 3.17. The summed E-state index contributed by atoms with van der Waals surface area (Å²) >= 11 is 1.45. The van der Waals surface area contributed by atoms with Gasteiger partial charge in [-0.15, -0.1) is 11.3 Å². The van der Waals surface area contributed by atoms with Crippen molar-refractivity contribution in [1.29, 1.82) is 0 Å². The molecule has 0 aliphatic rings. The van der Waals surface area contributed by atoms with E-state index in [-0.39, 0.29) is 11.5 Å². The lowest BCUT2D eigenvalue weighted by atomic mass is 10.1. The Bertz CT molecular complexity index is 989. The van der Waals surface area contributed by atoms with Gasteiger partial charge in [-0.25, -0.2) is 4.68 Å². The highest BCUT2D eigenvalue weighted by Crippen LogP contribution is 2.30. The molecule has 0 saturated heterocycles. The molecular formula is C18H17N3O3S. The maximum atomic E-state index is 9.93. The molecule has 0 fully saturated rings. The Kier molecular flexibility index (Phi) is 4.85. The van der Waals surface area contributed by atoms with Gasteiger partial charge in [-0.05, 0) is 24.3 Å². The minimum atomic E-state index is -0.212. The molecule has 0 radical (unpaired) electrons. The van der Waals surface area contributed by atoms with Crippen molar-refractivity contribution in [2.75, 3.05) is 14.2 Å². The van der Waals surface area contributed by atoms with E-state index < -0.39 is 0 Å². The fraction of sp³-hybridized carbons (Fsp3) is 0.111. The lowest BCUT2D eigenvalue weighted by Crippen LogP contribution is -2.11. The van der Waals surface area contributed by atoms with E-state index in [9.17, 15) is 10.2 Å². The van der Waals surface area contributed by atoms with Crippen LogP contribution in [0.4, 0.5) is 0 Å². The predicted octanol–water partition coefficient (Wildman–Crippen LogP) is 3.05. The van der Waals surface area contributed by atoms with Gasteiger partial charge in [-0.2, -0.15) is 5.10 Å². The van der Waals surface area contributed by atoms with Gasteiger partial charge in [0, 0.05) is 23.6 Å². The number of phenols is 2. The summed E-state index contributed by atoms with van der Waals surface area (Å²) in [4.78, 5) is 4.93. The van der Waals surface area contributed by atoms with Crippen molar-refractivity contribution in [3.8, 4) is 28.5 Å². The Morgan fingerprint density at radius 3 is 2.68 bits per heavy atom. The zero-order valence-corrected chi connectivity index (χ0v) is 14.6. The number of methoxy groups -OCH3 is 1. The fourth-order valence-electron chi connectivity index (χ4n) is 2.38. The van der Waals surface area contributed by atoms with Crippen molar-refractivity contribution in [1.82, 2.24) is 4.68 Å². The van der Waals surface area contributed by atoms with Crippen LogP contribution in [0, 0.1) is 0 Å². The first-order valence-corrected chi connectivity index (χ1v) is 8.35. The summed E-state index contributed by atoms with van der Waals surface area (Å²) in [5.74, 6) is 0.327. The molecule has 3 aromatic rings. The molecule has 7 heteroatoms. The van der Waals surface area contributed by atoms with Gasteiger partial charge in [0.2, 0.25) is 4.80 Å². The summed E-state index contributed by atoms with van der Waals surface area (Å²) in [7, 11) is 3.31. The van der Waals surface area contributed by atoms with E-state index in [4.69, 9.17) is 4.74 Å².